The van der Waals surface area contributed by atoms with E-state index in [2.05, 4.69) is 25.4 Å². The molecule has 0 aliphatic carbocycles. The predicted molar refractivity (Wildman–Crippen MR) is 117 cm³/mol. The molecule has 4 rings (SSSR count). The lowest BCUT2D eigenvalue weighted by Crippen LogP contribution is -2.02. The van der Waals surface area contributed by atoms with Gasteiger partial charge in [0.1, 0.15) is 6.29 Å². The maximum absolute atomic E-state index is 14.4. The first-order valence-electron chi connectivity index (χ1n) is 9.96. The zero-order chi connectivity index (χ0) is 22.3. The Morgan fingerprint density at radius 1 is 1.12 bits per heavy atom. The number of pyridine rings is 1. The summed E-state index contributed by atoms with van der Waals surface area (Å²) in [5.74, 6) is 0.0333. The van der Waals surface area contributed by atoms with Crippen LogP contribution in [-0.2, 0) is 19.4 Å². The summed E-state index contributed by atoms with van der Waals surface area (Å²) in [6, 6.07) is 8.66. The average molecular weight is 432 g/mol. The molecule has 3 aromatic heterocycles. The van der Waals surface area contributed by atoms with E-state index in [-0.39, 0.29) is 5.75 Å². The van der Waals surface area contributed by atoms with Crippen LogP contribution >= 0.6 is 0 Å². The van der Waals surface area contributed by atoms with Gasteiger partial charge < -0.3 is 10.1 Å². The minimum atomic E-state index is -0.458. The lowest BCUT2D eigenvalue weighted by Gasteiger charge is -2.09. The van der Waals surface area contributed by atoms with Crippen molar-refractivity contribution < 1.29 is 13.9 Å². The van der Waals surface area contributed by atoms with Crippen LogP contribution in [0.5, 0.6) is 5.75 Å². The topological polar surface area (TPSA) is 94.8 Å². The van der Waals surface area contributed by atoms with E-state index in [1.165, 1.54) is 19.2 Å². The molecule has 0 unspecified atom stereocenters. The van der Waals surface area contributed by atoms with Crippen molar-refractivity contribution in [2.75, 3.05) is 12.4 Å². The zero-order valence-electron chi connectivity index (χ0n) is 17.4. The van der Waals surface area contributed by atoms with E-state index in [1.807, 2.05) is 24.4 Å². The third-order valence-corrected chi connectivity index (χ3v) is 4.82. The van der Waals surface area contributed by atoms with Crippen LogP contribution in [0.2, 0.25) is 0 Å². The molecule has 4 aromatic rings. The number of nitrogens with zero attached hydrogens (tertiary/aromatic N) is 5. The summed E-state index contributed by atoms with van der Waals surface area (Å²) in [6.45, 7) is 0.564. The standard InChI is InChI=1S/C23H21FN6O2/c1-32-21-9-17(15-31)8-18(22(21)24)6-5-16-10-26-23(27-11-16)29-20-12-28-30(14-20)13-19-4-2-3-7-25-19/h2-4,7-12,14-15H,5-6,13H2,1H3,(H,26,27,29). The predicted octanol–water partition coefficient (Wildman–Crippen LogP) is 3.61. The quantitative estimate of drug-likeness (QED) is 0.404. The van der Waals surface area contributed by atoms with Crippen LogP contribution in [-0.4, -0.2) is 38.1 Å². The first-order valence-corrected chi connectivity index (χ1v) is 9.96. The summed E-state index contributed by atoms with van der Waals surface area (Å²) in [6.07, 6.45) is 10.2. The van der Waals surface area contributed by atoms with Crippen molar-refractivity contribution in [1.29, 1.82) is 0 Å². The number of rotatable bonds is 9. The van der Waals surface area contributed by atoms with Crippen molar-refractivity contribution in [3.05, 3.63) is 89.5 Å². The number of aryl methyl sites for hydroxylation is 2. The molecule has 0 aliphatic heterocycles. The van der Waals surface area contributed by atoms with Crippen LogP contribution in [0.1, 0.15) is 27.2 Å². The molecular formula is C23H21FN6O2. The lowest BCUT2D eigenvalue weighted by atomic mass is 10.0. The molecule has 0 fully saturated rings. The van der Waals surface area contributed by atoms with E-state index in [4.69, 9.17) is 4.74 Å². The maximum Gasteiger partial charge on any atom is 0.227 e. The van der Waals surface area contributed by atoms with Gasteiger partial charge in [-0.3, -0.25) is 14.5 Å². The fourth-order valence-electron chi connectivity index (χ4n) is 3.21. The summed E-state index contributed by atoms with van der Waals surface area (Å²) in [5.41, 5.74) is 3.30. The Morgan fingerprint density at radius 2 is 1.97 bits per heavy atom. The minimum absolute atomic E-state index is 0.0592. The summed E-state index contributed by atoms with van der Waals surface area (Å²) in [4.78, 5) is 24.0. The highest BCUT2D eigenvalue weighted by Gasteiger charge is 2.12. The zero-order valence-corrected chi connectivity index (χ0v) is 17.4. The number of nitrogens with one attached hydrogen (secondary N) is 1. The maximum atomic E-state index is 14.4. The van der Waals surface area contributed by atoms with Crippen LogP contribution in [0.15, 0.2) is 61.3 Å². The third-order valence-electron chi connectivity index (χ3n) is 4.82. The molecule has 0 aliphatic rings. The van der Waals surface area contributed by atoms with Crippen LogP contribution in [0.25, 0.3) is 0 Å². The molecule has 9 heteroatoms. The number of aldehydes is 1. The van der Waals surface area contributed by atoms with Crippen molar-refractivity contribution in [1.82, 2.24) is 24.7 Å². The van der Waals surface area contributed by atoms with Gasteiger partial charge in [0.15, 0.2) is 11.6 Å². The van der Waals surface area contributed by atoms with Gasteiger partial charge in [0.25, 0.3) is 0 Å². The Labute approximate surface area is 184 Å². The van der Waals surface area contributed by atoms with Gasteiger partial charge in [-0.1, -0.05) is 6.07 Å². The van der Waals surface area contributed by atoms with Crippen molar-refractivity contribution in [3.8, 4) is 5.75 Å². The molecule has 1 N–H and O–H groups in total. The number of hydrogen-bond acceptors (Lipinski definition) is 7. The molecule has 0 spiro atoms. The number of halogens is 1. The van der Waals surface area contributed by atoms with Crippen molar-refractivity contribution in [2.24, 2.45) is 0 Å². The van der Waals surface area contributed by atoms with Gasteiger partial charge in [-0.15, -0.1) is 0 Å². The Morgan fingerprint density at radius 3 is 2.69 bits per heavy atom. The molecule has 0 amide bonds. The summed E-state index contributed by atoms with van der Waals surface area (Å²) in [5, 5.41) is 7.42. The van der Waals surface area contributed by atoms with E-state index in [0.717, 1.165) is 16.9 Å². The summed E-state index contributed by atoms with van der Waals surface area (Å²) in [7, 11) is 1.37. The van der Waals surface area contributed by atoms with Gasteiger partial charge >= 0.3 is 0 Å². The van der Waals surface area contributed by atoms with Crippen molar-refractivity contribution in [3.63, 3.8) is 0 Å². The number of ether oxygens (including phenoxy) is 1. The van der Waals surface area contributed by atoms with Crippen LogP contribution in [0, 0.1) is 5.82 Å². The number of anilines is 2. The fourth-order valence-corrected chi connectivity index (χ4v) is 3.21. The van der Waals surface area contributed by atoms with Crippen molar-refractivity contribution in [2.45, 2.75) is 19.4 Å². The van der Waals surface area contributed by atoms with E-state index < -0.39 is 5.82 Å². The highest BCUT2D eigenvalue weighted by Crippen LogP contribution is 2.23. The Balaban J connectivity index is 1.36. The third kappa shape index (κ3) is 5.12. The Hall–Kier alpha value is -4.14. The normalized spacial score (nSPS) is 10.7. The fraction of sp³-hybridized carbons (Fsp3) is 0.174. The Bertz CT molecular complexity index is 1200. The smallest absolute Gasteiger partial charge is 0.227 e. The molecule has 0 bridgehead atoms. The second-order valence-electron chi connectivity index (χ2n) is 7.10. The molecule has 3 heterocycles. The largest absolute Gasteiger partial charge is 0.494 e. The molecular weight excluding hydrogens is 411 g/mol. The first-order chi connectivity index (χ1) is 15.6. The highest BCUT2D eigenvalue weighted by atomic mass is 19.1. The van der Waals surface area contributed by atoms with Crippen LogP contribution < -0.4 is 10.1 Å². The lowest BCUT2D eigenvalue weighted by molar-refractivity contribution is 0.112. The molecule has 0 saturated heterocycles. The second-order valence-corrected chi connectivity index (χ2v) is 7.10. The van der Waals surface area contributed by atoms with Crippen LogP contribution in [0.4, 0.5) is 16.0 Å². The summed E-state index contributed by atoms with van der Waals surface area (Å²) >= 11 is 0. The molecule has 1 aromatic carbocycles. The molecule has 0 radical (unpaired) electrons. The van der Waals surface area contributed by atoms with E-state index >= 15 is 0 Å². The van der Waals surface area contributed by atoms with Gasteiger partial charge in [0, 0.05) is 30.4 Å². The van der Waals surface area contributed by atoms with Gasteiger partial charge in [0.05, 0.1) is 31.2 Å². The Kier molecular flexibility index (Phi) is 6.45. The molecule has 0 saturated carbocycles. The van der Waals surface area contributed by atoms with E-state index in [1.54, 1.807) is 29.5 Å². The molecule has 8 nitrogen and oxygen atoms in total. The highest BCUT2D eigenvalue weighted by molar-refractivity contribution is 5.76. The molecule has 32 heavy (non-hydrogen) atoms. The van der Waals surface area contributed by atoms with Gasteiger partial charge in [-0.25, -0.2) is 14.4 Å². The van der Waals surface area contributed by atoms with E-state index in [9.17, 15) is 9.18 Å². The van der Waals surface area contributed by atoms with Crippen molar-refractivity contribution >= 4 is 17.9 Å². The number of benzene rings is 1. The monoisotopic (exact) mass is 432 g/mol. The number of methoxy groups -OCH3 is 1. The summed E-state index contributed by atoms with van der Waals surface area (Å²) < 4.78 is 21.2. The number of aromatic nitrogens is 5. The molecule has 162 valence electrons. The number of hydrogen-bond donors (Lipinski definition) is 1. The van der Waals surface area contributed by atoms with E-state index in [0.29, 0.717) is 42.7 Å². The first kappa shape index (κ1) is 21.1. The second kappa shape index (κ2) is 9.78. The van der Waals surface area contributed by atoms with Crippen LogP contribution in [0.3, 0.4) is 0 Å². The number of carbonyl (C=O) groups is 1. The molecule has 0 atom stereocenters. The number of carbonyl (C=O) groups excluding carboxylic acids is 1. The van der Waals surface area contributed by atoms with Gasteiger partial charge in [-0.05, 0) is 48.2 Å². The van der Waals surface area contributed by atoms with Gasteiger partial charge in [0.2, 0.25) is 5.95 Å². The van der Waals surface area contributed by atoms with Gasteiger partial charge in [-0.2, -0.15) is 5.10 Å². The average Bonchev–Trinajstić information content (AvgIpc) is 3.26. The SMILES string of the molecule is COc1cc(C=O)cc(CCc2cnc(Nc3cnn(Cc4ccccn4)c3)nc2)c1F. The minimum Gasteiger partial charge on any atom is -0.494 e.